The van der Waals surface area contributed by atoms with Crippen molar-refractivity contribution >= 4 is 11.6 Å². The second-order valence-electron chi connectivity index (χ2n) is 6.19. The van der Waals surface area contributed by atoms with Crippen LogP contribution in [0, 0.1) is 17.7 Å². The molecule has 0 radical (unpaired) electrons. The van der Waals surface area contributed by atoms with Gasteiger partial charge in [-0.15, -0.1) is 0 Å². The van der Waals surface area contributed by atoms with Crippen LogP contribution in [0.25, 0.3) is 0 Å². The SMILES string of the molecule is CCCC1CCC(C(N)Cc2ccc(F)c(Cl)c2)CC1. The molecule has 0 aromatic heterocycles. The molecule has 1 saturated carbocycles. The van der Waals surface area contributed by atoms with Gasteiger partial charge in [0.2, 0.25) is 0 Å². The fourth-order valence-electron chi connectivity index (χ4n) is 3.42. The van der Waals surface area contributed by atoms with Gasteiger partial charge in [-0.1, -0.05) is 50.3 Å². The van der Waals surface area contributed by atoms with Crippen LogP contribution < -0.4 is 5.73 Å². The molecule has 1 unspecified atom stereocenters. The molecular weight excluding hydrogens is 273 g/mol. The van der Waals surface area contributed by atoms with Crippen LogP contribution >= 0.6 is 11.6 Å². The summed E-state index contributed by atoms with van der Waals surface area (Å²) in [6.45, 7) is 2.26. The van der Waals surface area contributed by atoms with Crippen LogP contribution in [0.5, 0.6) is 0 Å². The van der Waals surface area contributed by atoms with E-state index in [4.69, 9.17) is 17.3 Å². The van der Waals surface area contributed by atoms with Crippen LogP contribution in [-0.2, 0) is 6.42 Å². The van der Waals surface area contributed by atoms with E-state index in [-0.39, 0.29) is 16.9 Å². The fraction of sp³-hybridized carbons (Fsp3) is 0.647. The topological polar surface area (TPSA) is 26.0 Å². The molecule has 1 aliphatic carbocycles. The Balaban J connectivity index is 1.86. The summed E-state index contributed by atoms with van der Waals surface area (Å²) in [6.07, 6.45) is 8.54. The highest BCUT2D eigenvalue weighted by Gasteiger charge is 2.25. The number of hydrogen-bond donors (Lipinski definition) is 1. The highest BCUT2D eigenvalue weighted by Crippen LogP contribution is 2.33. The number of nitrogens with two attached hydrogens (primary N) is 1. The van der Waals surface area contributed by atoms with Crippen LogP contribution in [0.3, 0.4) is 0 Å². The van der Waals surface area contributed by atoms with Gasteiger partial charge in [0.05, 0.1) is 5.02 Å². The smallest absolute Gasteiger partial charge is 0.141 e. The van der Waals surface area contributed by atoms with E-state index in [9.17, 15) is 4.39 Å². The van der Waals surface area contributed by atoms with Crippen molar-refractivity contribution in [3.8, 4) is 0 Å². The Kier molecular flexibility index (Phi) is 5.86. The Hall–Kier alpha value is -0.600. The lowest BCUT2D eigenvalue weighted by Gasteiger charge is -2.32. The molecule has 0 amide bonds. The standard InChI is InChI=1S/C17H25ClFN/c1-2-3-12-4-7-14(8-5-12)17(20)11-13-6-9-16(19)15(18)10-13/h6,9-10,12,14,17H,2-5,7-8,11,20H2,1H3. The van der Waals surface area contributed by atoms with Gasteiger partial charge in [-0.2, -0.15) is 0 Å². The monoisotopic (exact) mass is 297 g/mol. The average molecular weight is 298 g/mol. The predicted molar refractivity (Wildman–Crippen MR) is 83.4 cm³/mol. The van der Waals surface area contributed by atoms with Crippen molar-refractivity contribution in [3.05, 3.63) is 34.6 Å². The largest absolute Gasteiger partial charge is 0.327 e. The fourth-order valence-corrected chi connectivity index (χ4v) is 3.62. The molecule has 2 N–H and O–H groups in total. The van der Waals surface area contributed by atoms with E-state index in [1.165, 1.54) is 44.6 Å². The second kappa shape index (κ2) is 7.42. The molecule has 0 bridgehead atoms. The van der Waals surface area contributed by atoms with Crippen LogP contribution in [0.1, 0.15) is 51.0 Å². The molecule has 1 nitrogen and oxygen atoms in total. The van der Waals surface area contributed by atoms with Crippen molar-refractivity contribution in [2.24, 2.45) is 17.6 Å². The summed E-state index contributed by atoms with van der Waals surface area (Å²) >= 11 is 5.82. The van der Waals surface area contributed by atoms with E-state index < -0.39 is 0 Å². The van der Waals surface area contributed by atoms with Gasteiger partial charge in [0, 0.05) is 6.04 Å². The number of benzene rings is 1. The lowest BCUT2D eigenvalue weighted by molar-refractivity contribution is 0.232. The Bertz CT molecular complexity index is 427. The molecule has 0 heterocycles. The zero-order valence-electron chi connectivity index (χ0n) is 12.2. The summed E-state index contributed by atoms with van der Waals surface area (Å²) in [6, 6.07) is 5.10. The van der Waals surface area contributed by atoms with E-state index in [2.05, 4.69) is 6.92 Å². The molecule has 112 valence electrons. The van der Waals surface area contributed by atoms with Crippen LogP contribution in [-0.4, -0.2) is 6.04 Å². The van der Waals surface area contributed by atoms with E-state index in [1.807, 2.05) is 0 Å². The Labute approximate surface area is 126 Å². The Morgan fingerprint density at radius 1 is 1.30 bits per heavy atom. The van der Waals surface area contributed by atoms with Gasteiger partial charge < -0.3 is 5.73 Å². The van der Waals surface area contributed by atoms with Crippen molar-refractivity contribution in [2.75, 3.05) is 0 Å². The van der Waals surface area contributed by atoms with Gasteiger partial charge in [0.15, 0.2) is 0 Å². The first kappa shape index (κ1) is 15.8. The number of rotatable bonds is 5. The quantitative estimate of drug-likeness (QED) is 0.817. The van der Waals surface area contributed by atoms with Crippen molar-refractivity contribution < 1.29 is 4.39 Å². The summed E-state index contributed by atoms with van der Waals surface area (Å²) < 4.78 is 13.1. The third kappa shape index (κ3) is 4.20. The van der Waals surface area contributed by atoms with Crippen LogP contribution in [0.4, 0.5) is 4.39 Å². The maximum atomic E-state index is 13.1. The molecule has 0 saturated heterocycles. The molecule has 2 rings (SSSR count). The summed E-state index contributed by atoms with van der Waals surface area (Å²) in [4.78, 5) is 0. The van der Waals surface area contributed by atoms with Gasteiger partial charge in [-0.05, 0) is 48.8 Å². The molecule has 1 aromatic carbocycles. The summed E-state index contributed by atoms with van der Waals surface area (Å²) in [5.74, 6) is 1.15. The van der Waals surface area contributed by atoms with Gasteiger partial charge >= 0.3 is 0 Å². The average Bonchev–Trinajstić information content (AvgIpc) is 2.44. The van der Waals surface area contributed by atoms with Gasteiger partial charge in [-0.25, -0.2) is 4.39 Å². The first-order chi connectivity index (χ1) is 9.60. The van der Waals surface area contributed by atoms with Gasteiger partial charge in [-0.3, -0.25) is 0 Å². The molecule has 1 fully saturated rings. The van der Waals surface area contributed by atoms with Crippen molar-refractivity contribution in [1.82, 2.24) is 0 Å². The molecule has 3 heteroatoms. The summed E-state index contributed by atoms with van der Waals surface area (Å²) in [5.41, 5.74) is 7.39. The number of hydrogen-bond acceptors (Lipinski definition) is 1. The molecule has 1 atom stereocenters. The zero-order valence-corrected chi connectivity index (χ0v) is 13.0. The minimum absolute atomic E-state index is 0.166. The predicted octanol–water partition coefficient (Wildman–Crippen LogP) is 4.96. The minimum atomic E-state index is -0.357. The van der Waals surface area contributed by atoms with E-state index in [0.717, 1.165) is 17.9 Å². The third-order valence-electron chi connectivity index (χ3n) is 4.65. The van der Waals surface area contributed by atoms with Crippen molar-refractivity contribution in [2.45, 2.75) is 57.9 Å². The maximum absolute atomic E-state index is 13.1. The normalized spacial score (nSPS) is 24.6. The highest BCUT2D eigenvalue weighted by atomic mass is 35.5. The zero-order chi connectivity index (χ0) is 14.5. The first-order valence-electron chi connectivity index (χ1n) is 7.79. The summed E-state index contributed by atoms with van der Waals surface area (Å²) in [7, 11) is 0. The minimum Gasteiger partial charge on any atom is -0.327 e. The van der Waals surface area contributed by atoms with Gasteiger partial charge in [0.25, 0.3) is 0 Å². The first-order valence-corrected chi connectivity index (χ1v) is 8.17. The molecule has 20 heavy (non-hydrogen) atoms. The lowest BCUT2D eigenvalue weighted by atomic mass is 9.76. The number of halogens is 2. The van der Waals surface area contributed by atoms with E-state index in [0.29, 0.717) is 5.92 Å². The Morgan fingerprint density at radius 3 is 2.60 bits per heavy atom. The second-order valence-corrected chi connectivity index (χ2v) is 6.59. The molecule has 1 aromatic rings. The maximum Gasteiger partial charge on any atom is 0.141 e. The Morgan fingerprint density at radius 2 is 2.00 bits per heavy atom. The molecule has 0 aliphatic heterocycles. The van der Waals surface area contributed by atoms with Crippen molar-refractivity contribution in [1.29, 1.82) is 0 Å². The lowest BCUT2D eigenvalue weighted by Crippen LogP contribution is -2.34. The van der Waals surface area contributed by atoms with Gasteiger partial charge in [0.1, 0.15) is 5.82 Å². The van der Waals surface area contributed by atoms with Crippen LogP contribution in [0.2, 0.25) is 5.02 Å². The molecule has 1 aliphatic rings. The highest BCUT2D eigenvalue weighted by molar-refractivity contribution is 6.30. The third-order valence-corrected chi connectivity index (χ3v) is 4.94. The van der Waals surface area contributed by atoms with E-state index >= 15 is 0 Å². The molecule has 0 spiro atoms. The van der Waals surface area contributed by atoms with Crippen molar-refractivity contribution in [3.63, 3.8) is 0 Å². The summed E-state index contributed by atoms with van der Waals surface area (Å²) in [5, 5.41) is 0.196. The van der Waals surface area contributed by atoms with E-state index in [1.54, 1.807) is 12.1 Å². The molecular formula is C17H25ClFN. The van der Waals surface area contributed by atoms with Crippen LogP contribution in [0.15, 0.2) is 18.2 Å².